The van der Waals surface area contributed by atoms with Gasteiger partial charge < -0.3 is 20.6 Å². The first-order valence-electron chi connectivity index (χ1n) is 5.06. The molecular formula is C10H15N3O4. The minimum absolute atomic E-state index is 0.00407. The number of rotatable bonds is 5. The Labute approximate surface area is 98.1 Å². The number of aromatic nitrogens is 2. The second-order valence-corrected chi connectivity index (χ2v) is 3.65. The number of anilines is 1. The van der Waals surface area contributed by atoms with Crippen molar-refractivity contribution in [3.8, 4) is 0 Å². The number of nitrogens with one attached hydrogen (secondary N) is 1. The number of hydrogen-bond acceptors (Lipinski definition) is 6. The largest absolute Gasteiger partial charge is 0.478 e. The van der Waals surface area contributed by atoms with Gasteiger partial charge in [-0.1, -0.05) is 0 Å². The molecule has 1 aromatic heterocycles. The van der Waals surface area contributed by atoms with Gasteiger partial charge in [0.1, 0.15) is 5.56 Å². The highest BCUT2D eigenvalue weighted by Crippen LogP contribution is 2.18. The van der Waals surface area contributed by atoms with Crippen molar-refractivity contribution in [2.45, 2.75) is 19.9 Å². The van der Waals surface area contributed by atoms with E-state index >= 15 is 0 Å². The zero-order chi connectivity index (χ0) is 13.0. The van der Waals surface area contributed by atoms with E-state index in [1.54, 1.807) is 13.8 Å². The minimum Gasteiger partial charge on any atom is -0.478 e. The third kappa shape index (κ3) is 2.89. The summed E-state index contributed by atoms with van der Waals surface area (Å²) in [6, 6.07) is -0.662. The Morgan fingerprint density at radius 3 is 2.35 bits per heavy atom. The maximum absolute atomic E-state index is 11.1. The summed E-state index contributed by atoms with van der Waals surface area (Å²) in [5.41, 5.74) is 1.03. The van der Waals surface area contributed by atoms with E-state index in [9.17, 15) is 4.79 Å². The molecule has 0 fully saturated rings. The topological polar surface area (TPSA) is 116 Å². The van der Waals surface area contributed by atoms with Crippen molar-refractivity contribution < 1.29 is 20.1 Å². The van der Waals surface area contributed by atoms with Gasteiger partial charge in [-0.15, -0.1) is 5.10 Å². The van der Waals surface area contributed by atoms with Crippen molar-refractivity contribution in [1.82, 2.24) is 10.2 Å². The van der Waals surface area contributed by atoms with Gasteiger partial charge in [0, 0.05) is 0 Å². The zero-order valence-electron chi connectivity index (χ0n) is 9.64. The Morgan fingerprint density at radius 1 is 1.29 bits per heavy atom. The van der Waals surface area contributed by atoms with Crippen LogP contribution < -0.4 is 5.32 Å². The van der Waals surface area contributed by atoms with Crippen molar-refractivity contribution in [2.24, 2.45) is 0 Å². The number of carboxylic acids is 1. The normalized spacial score (nSPS) is 10.6. The molecule has 1 rings (SSSR count). The molecule has 0 saturated heterocycles. The van der Waals surface area contributed by atoms with Crippen molar-refractivity contribution in [2.75, 3.05) is 18.5 Å². The maximum Gasteiger partial charge on any atom is 0.339 e. The fourth-order valence-corrected chi connectivity index (χ4v) is 1.31. The monoisotopic (exact) mass is 241 g/mol. The molecule has 4 N–H and O–H groups in total. The van der Waals surface area contributed by atoms with Gasteiger partial charge in [0.2, 0.25) is 0 Å². The number of nitrogens with zero attached hydrogens (tertiary/aromatic N) is 2. The van der Waals surface area contributed by atoms with Crippen LogP contribution in [0.15, 0.2) is 0 Å². The second-order valence-electron chi connectivity index (χ2n) is 3.65. The summed E-state index contributed by atoms with van der Waals surface area (Å²) in [4.78, 5) is 11.1. The van der Waals surface area contributed by atoms with E-state index in [2.05, 4.69) is 15.5 Å². The number of aromatic carboxylic acids is 1. The van der Waals surface area contributed by atoms with Crippen LogP contribution >= 0.6 is 0 Å². The van der Waals surface area contributed by atoms with E-state index in [1.165, 1.54) is 0 Å². The van der Waals surface area contributed by atoms with Crippen molar-refractivity contribution in [3.05, 3.63) is 16.8 Å². The Hall–Kier alpha value is -1.73. The number of aliphatic hydroxyl groups is 2. The smallest absolute Gasteiger partial charge is 0.339 e. The lowest BCUT2D eigenvalue weighted by Crippen LogP contribution is -2.29. The van der Waals surface area contributed by atoms with Gasteiger partial charge in [-0.3, -0.25) is 0 Å². The van der Waals surface area contributed by atoms with Gasteiger partial charge >= 0.3 is 5.97 Å². The molecule has 0 radical (unpaired) electrons. The van der Waals surface area contributed by atoms with Gasteiger partial charge in [-0.25, -0.2) is 4.79 Å². The highest BCUT2D eigenvalue weighted by atomic mass is 16.4. The molecule has 0 amide bonds. The van der Waals surface area contributed by atoms with E-state index in [-0.39, 0.29) is 24.6 Å². The number of aliphatic hydroxyl groups excluding tert-OH is 2. The van der Waals surface area contributed by atoms with Crippen LogP contribution in [0.25, 0.3) is 0 Å². The molecule has 0 aliphatic carbocycles. The van der Waals surface area contributed by atoms with Crippen molar-refractivity contribution in [1.29, 1.82) is 0 Å². The number of aryl methyl sites for hydroxylation is 1. The highest BCUT2D eigenvalue weighted by molar-refractivity contribution is 5.94. The van der Waals surface area contributed by atoms with Crippen LogP contribution in [0.2, 0.25) is 0 Å². The van der Waals surface area contributed by atoms with E-state index in [4.69, 9.17) is 15.3 Å². The third-order valence-corrected chi connectivity index (χ3v) is 2.45. The molecule has 0 unspecified atom stereocenters. The summed E-state index contributed by atoms with van der Waals surface area (Å²) >= 11 is 0. The SMILES string of the molecule is Cc1nnc(NC(CO)CO)c(C(=O)O)c1C. The average molecular weight is 241 g/mol. The highest BCUT2D eigenvalue weighted by Gasteiger charge is 2.19. The minimum atomic E-state index is -1.13. The van der Waals surface area contributed by atoms with E-state index in [0.717, 1.165) is 0 Å². The summed E-state index contributed by atoms with van der Waals surface area (Å²) in [6.45, 7) is 2.63. The lowest BCUT2D eigenvalue weighted by Gasteiger charge is -2.16. The van der Waals surface area contributed by atoms with E-state index in [0.29, 0.717) is 11.3 Å². The summed E-state index contributed by atoms with van der Waals surface area (Å²) < 4.78 is 0. The van der Waals surface area contributed by atoms with Crippen LogP contribution in [0.4, 0.5) is 5.82 Å². The Kier molecular flexibility index (Phi) is 4.36. The fourth-order valence-electron chi connectivity index (χ4n) is 1.31. The third-order valence-electron chi connectivity index (χ3n) is 2.45. The fraction of sp³-hybridized carbons (Fsp3) is 0.500. The molecule has 7 heteroatoms. The summed E-state index contributed by atoms with van der Waals surface area (Å²) in [5, 5.41) is 37.1. The second kappa shape index (κ2) is 5.55. The van der Waals surface area contributed by atoms with Gasteiger partial charge in [-0.2, -0.15) is 5.10 Å². The van der Waals surface area contributed by atoms with Crippen molar-refractivity contribution in [3.63, 3.8) is 0 Å². The molecule has 7 nitrogen and oxygen atoms in total. The van der Waals surface area contributed by atoms with E-state index in [1.807, 2.05) is 0 Å². The molecule has 0 aromatic carbocycles. The number of carboxylic acid groups (broad SMARTS) is 1. The Morgan fingerprint density at radius 2 is 1.88 bits per heavy atom. The molecule has 1 heterocycles. The van der Waals surface area contributed by atoms with Crippen LogP contribution in [-0.4, -0.2) is 50.7 Å². The maximum atomic E-state index is 11.1. The van der Waals surface area contributed by atoms with Crippen LogP contribution in [0.3, 0.4) is 0 Å². The molecule has 17 heavy (non-hydrogen) atoms. The first kappa shape index (κ1) is 13.3. The summed E-state index contributed by atoms with van der Waals surface area (Å²) in [7, 11) is 0. The average Bonchev–Trinajstić information content (AvgIpc) is 2.30. The molecule has 0 atom stereocenters. The lowest BCUT2D eigenvalue weighted by atomic mass is 10.1. The lowest BCUT2D eigenvalue weighted by molar-refractivity contribution is 0.0696. The molecule has 94 valence electrons. The van der Waals surface area contributed by atoms with Crippen LogP contribution in [0, 0.1) is 13.8 Å². The predicted molar refractivity (Wildman–Crippen MR) is 60.0 cm³/mol. The Bertz CT molecular complexity index is 418. The zero-order valence-corrected chi connectivity index (χ0v) is 9.64. The van der Waals surface area contributed by atoms with Crippen molar-refractivity contribution >= 4 is 11.8 Å². The van der Waals surface area contributed by atoms with E-state index < -0.39 is 12.0 Å². The van der Waals surface area contributed by atoms with Gasteiger partial charge in [0.25, 0.3) is 0 Å². The predicted octanol–water partition coefficient (Wildman–Crippen LogP) is -0.443. The Balaban J connectivity index is 3.15. The molecule has 1 aromatic rings. The first-order chi connectivity index (χ1) is 8.01. The van der Waals surface area contributed by atoms with Crippen LogP contribution in [0.1, 0.15) is 21.6 Å². The molecule has 0 spiro atoms. The van der Waals surface area contributed by atoms with Gasteiger partial charge in [0.15, 0.2) is 5.82 Å². The van der Waals surface area contributed by atoms with Crippen LogP contribution in [0.5, 0.6) is 0 Å². The summed E-state index contributed by atoms with van der Waals surface area (Å²) in [6.07, 6.45) is 0. The molecule has 0 aliphatic rings. The summed E-state index contributed by atoms with van der Waals surface area (Å²) in [5.74, 6) is -1.08. The number of hydrogen-bond donors (Lipinski definition) is 4. The van der Waals surface area contributed by atoms with Gasteiger partial charge in [0.05, 0.1) is 24.9 Å². The molecule has 0 saturated carbocycles. The van der Waals surface area contributed by atoms with Gasteiger partial charge in [-0.05, 0) is 19.4 Å². The molecule has 0 bridgehead atoms. The molecule has 0 aliphatic heterocycles. The number of carbonyl (C=O) groups is 1. The standard InChI is InChI=1S/C10H15N3O4/c1-5-6(2)12-13-9(8(5)10(16)17)11-7(3-14)4-15/h7,14-15H,3-4H2,1-2H3,(H,11,13)(H,16,17). The van der Waals surface area contributed by atoms with Crippen LogP contribution in [-0.2, 0) is 0 Å². The quantitative estimate of drug-likeness (QED) is 0.552. The molecular weight excluding hydrogens is 226 g/mol. The first-order valence-corrected chi connectivity index (χ1v) is 5.06.